The largest absolute Gasteiger partial charge is 0.359 e. The molecule has 1 heterocycles. The predicted molar refractivity (Wildman–Crippen MR) is 118 cm³/mol. The van der Waals surface area contributed by atoms with Crippen LogP contribution < -0.4 is 10.6 Å². The first-order chi connectivity index (χ1) is 12.4. The zero-order valence-electron chi connectivity index (χ0n) is 16.4. The molecule has 1 aromatic carbocycles. The number of benzene rings is 1. The number of aliphatic imine (C=N–C) groups is 1. The third-order valence-electron chi connectivity index (χ3n) is 3.89. The van der Waals surface area contributed by atoms with Gasteiger partial charge in [-0.25, -0.2) is 0 Å². The second-order valence-corrected chi connectivity index (χ2v) is 6.55. The number of nitrogens with zero attached hydrogens (tertiary/aromatic N) is 3. The first-order valence-corrected chi connectivity index (χ1v) is 8.61. The third-order valence-corrected chi connectivity index (χ3v) is 3.89. The fourth-order valence-electron chi connectivity index (χ4n) is 2.28. The molecule has 0 atom stereocenters. The van der Waals surface area contributed by atoms with Gasteiger partial charge in [0.1, 0.15) is 0 Å². The van der Waals surface area contributed by atoms with Gasteiger partial charge < -0.3 is 20.1 Å². The molecule has 1 aromatic heterocycles. The lowest BCUT2D eigenvalue weighted by Gasteiger charge is -2.12. The monoisotopic (exact) mass is 485 g/mol. The molecule has 27 heavy (non-hydrogen) atoms. The number of nitrogens with one attached hydrogen (secondary N) is 2. The van der Waals surface area contributed by atoms with Gasteiger partial charge in [0.2, 0.25) is 0 Å². The molecule has 0 saturated carbocycles. The standard InChI is InChI=1S/C19H27N5O2.HI/c1-13(2)17-10-16(26-23-17)12-22-19(20-3)21-11-14-6-8-15(9-7-14)18(25)24(4)5;/h6-10,13H,11-12H2,1-5H3,(H2,20,21,22);1H. The van der Waals surface area contributed by atoms with Crippen LogP contribution in [0.15, 0.2) is 39.8 Å². The lowest BCUT2D eigenvalue weighted by molar-refractivity contribution is 0.0827. The zero-order valence-corrected chi connectivity index (χ0v) is 18.8. The van der Waals surface area contributed by atoms with Gasteiger partial charge in [0.05, 0.1) is 12.2 Å². The normalized spacial score (nSPS) is 11.1. The maximum absolute atomic E-state index is 11.9. The van der Waals surface area contributed by atoms with E-state index in [1.807, 2.05) is 30.3 Å². The Bertz CT molecular complexity index is 754. The Kier molecular flexibility index (Phi) is 9.27. The molecule has 0 bridgehead atoms. The topological polar surface area (TPSA) is 82.8 Å². The maximum atomic E-state index is 11.9. The highest BCUT2D eigenvalue weighted by molar-refractivity contribution is 14.0. The Balaban J connectivity index is 0.00000364. The summed E-state index contributed by atoms with van der Waals surface area (Å²) in [5.74, 6) is 1.77. The first kappa shape index (κ1) is 22.9. The lowest BCUT2D eigenvalue weighted by Crippen LogP contribution is -2.36. The Morgan fingerprint density at radius 1 is 1.19 bits per heavy atom. The van der Waals surface area contributed by atoms with Crippen molar-refractivity contribution >= 4 is 35.8 Å². The molecule has 2 N–H and O–H groups in total. The van der Waals surface area contributed by atoms with Crippen molar-refractivity contribution in [3.8, 4) is 0 Å². The van der Waals surface area contributed by atoms with Crippen molar-refractivity contribution in [3.05, 3.63) is 52.9 Å². The summed E-state index contributed by atoms with van der Waals surface area (Å²) in [7, 11) is 5.20. The number of rotatable bonds is 6. The van der Waals surface area contributed by atoms with Crippen molar-refractivity contribution < 1.29 is 9.32 Å². The second-order valence-electron chi connectivity index (χ2n) is 6.55. The summed E-state index contributed by atoms with van der Waals surface area (Å²) in [6.45, 7) is 5.26. The van der Waals surface area contributed by atoms with Crippen molar-refractivity contribution in [2.45, 2.75) is 32.9 Å². The van der Waals surface area contributed by atoms with E-state index in [0.29, 0.717) is 30.5 Å². The molecular weight excluding hydrogens is 457 g/mol. The van der Waals surface area contributed by atoms with Gasteiger partial charge in [0, 0.05) is 39.3 Å². The minimum atomic E-state index is -0.00481. The SMILES string of the molecule is CN=C(NCc1ccc(C(=O)N(C)C)cc1)NCc1cc(C(C)C)no1.I. The van der Waals surface area contributed by atoms with Crippen LogP contribution in [0.5, 0.6) is 0 Å². The Morgan fingerprint density at radius 3 is 2.33 bits per heavy atom. The van der Waals surface area contributed by atoms with E-state index in [4.69, 9.17) is 4.52 Å². The molecule has 0 aliphatic rings. The molecular formula is C19H28IN5O2. The number of amides is 1. The summed E-state index contributed by atoms with van der Waals surface area (Å²) in [4.78, 5) is 17.7. The summed E-state index contributed by atoms with van der Waals surface area (Å²) >= 11 is 0. The highest BCUT2D eigenvalue weighted by Crippen LogP contribution is 2.13. The van der Waals surface area contributed by atoms with Crippen molar-refractivity contribution in [2.24, 2.45) is 4.99 Å². The highest BCUT2D eigenvalue weighted by atomic mass is 127. The van der Waals surface area contributed by atoms with Crippen molar-refractivity contribution in [1.82, 2.24) is 20.7 Å². The lowest BCUT2D eigenvalue weighted by atomic mass is 10.1. The maximum Gasteiger partial charge on any atom is 0.253 e. The summed E-state index contributed by atoms with van der Waals surface area (Å²) in [5, 5.41) is 10.5. The van der Waals surface area contributed by atoms with E-state index in [1.54, 1.807) is 26.0 Å². The van der Waals surface area contributed by atoms with E-state index < -0.39 is 0 Å². The second kappa shape index (κ2) is 10.9. The van der Waals surface area contributed by atoms with Crippen LogP contribution in [0.25, 0.3) is 0 Å². The van der Waals surface area contributed by atoms with E-state index in [-0.39, 0.29) is 29.9 Å². The fourth-order valence-corrected chi connectivity index (χ4v) is 2.28. The van der Waals surface area contributed by atoms with E-state index in [9.17, 15) is 4.79 Å². The molecule has 2 rings (SSSR count). The number of hydrogen-bond donors (Lipinski definition) is 2. The zero-order chi connectivity index (χ0) is 19.1. The average Bonchev–Trinajstić information content (AvgIpc) is 3.11. The molecule has 0 spiro atoms. The van der Waals surface area contributed by atoms with Crippen molar-refractivity contribution in [2.75, 3.05) is 21.1 Å². The average molecular weight is 485 g/mol. The quantitative estimate of drug-likeness (QED) is 0.374. The number of halogens is 1. The van der Waals surface area contributed by atoms with Gasteiger partial charge in [0.15, 0.2) is 11.7 Å². The molecule has 0 aliphatic heterocycles. The molecule has 0 saturated heterocycles. The molecule has 0 fully saturated rings. The van der Waals surface area contributed by atoms with Gasteiger partial charge in [-0.2, -0.15) is 0 Å². The molecule has 8 heteroatoms. The highest BCUT2D eigenvalue weighted by Gasteiger charge is 2.09. The van der Waals surface area contributed by atoms with E-state index in [1.165, 1.54) is 0 Å². The van der Waals surface area contributed by atoms with Gasteiger partial charge in [-0.1, -0.05) is 31.1 Å². The molecule has 0 aliphatic carbocycles. The van der Waals surface area contributed by atoms with Gasteiger partial charge in [-0.15, -0.1) is 24.0 Å². The number of aromatic nitrogens is 1. The van der Waals surface area contributed by atoms with E-state index in [2.05, 4.69) is 34.6 Å². The molecule has 7 nitrogen and oxygen atoms in total. The summed E-state index contributed by atoms with van der Waals surface area (Å²) in [6.07, 6.45) is 0. The van der Waals surface area contributed by atoms with Crippen LogP contribution in [0.4, 0.5) is 0 Å². The summed E-state index contributed by atoms with van der Waals surface area (Å²) in [5.41, 5.74) is 2.68. The number of hydrogen-bond acceptors (Lipinski definition) is 4. The van der Waals surface area contributed by atoms with Crippen LogP contribution in [0.3, 0.4) is 0 Å². The van der Waals surface area contributed by atoms with Crippen molar-refractivity contribution in [1.29, 1.82) is 0 Å². The molecule has 0 radical (unpaired) electrons. The number of guanidine groups is 1. The third kappa shape index (κ3) is 6.85. The van der Waals surface area contributed by atoms with Crippen LogP contribution in [0.2, 0.25) is 0 Å². The summed E-state index contributed by atoms with van der Waals surface area (Å²) in [6, 6.07) is 9.48. The van der Waals surface area contributed by atoms with Gasteiger partial charge >= 0.3 is 0 Å². The minimum Gasteiger partial charge on any atom is -0.359 e. The van der Waals surface area contributed by atoms with Crippen LogP contribution in [0, 0.1) is 0 Å². The van der Waals surface area contributed by atoms with E-state index >= 15 is 0 Å². The molecule has 1 amide bonds. The number of carbonyl (C=O) groups is 1. The van der Waals surface area contributed by atoms with Crippen LogP contribution in [-0.4, -0.2) is 43.1 Å². The minimum absolute atomic E-state index is 0. The number of carbonyl (C=O) groups excluding carboxylic acids is 1. The Morgan fingerprint density at radius 2 is 1.81 bits per heavy atom. The van der Waals surface area contributed by atoms with Gasteiger partial charge in [-0.05, 0) is 23.6 Å². The fraction of sp³-hybridized carbons (Fsp3) is 0.421. The van der Waals surface area contributed by atoms with Crippen LogP contribution >= 0.6 is 24.0 Å². The predicted octanol–water partition coefficient (Wildman–Crippen LogP) is 2.98. The molecule has 0 unspecified atom stereocenters. The Labute approximate surface area is 177 Å². The van der Waals surface area contributed by atoms with Gasteiger partial charge in [0.25, 0.3) is 5.91 Å². The molecule has 148 valence electrons. The van der Waals surface area contributed by atoms with Crippen LogP contribution in [0.1, 0.15) is 47.1 Å². The Hall–Kier alpha value is -2.10. The smallest absolute Gasteiger partial charge is 0.253 e. The first-order valence-electron chi connectivity index (χ1n) is 8.61. The van der Waals surface area contributed by atoms with Crippen molar-refractivity contribution in [3.63, 3.8) is 0 Å². The van der Waals surface area contributed by atoms with Gasteiger partial charge in [-0.3, -0.25) is 9.79 Å². The van der Waals surface area contributed by atoms with Crippen LogP contribution in [-0.2, 0) is 13.1 Å². The summed E-state index contributed by atoms with van der Waals surface area (Å²) < 4.78 is 5.31. The van der Waals surface area contributed by atoms with E-state index in [0.717, 1.165) is 17.0 Å². The molecule has 2 aromatic rings.